The van der Waals surface area contributed by atoms with Gasteiger partial charge in [-0.15, -0.1) is 0 Å². The number of hydrogen-bond acceptors (Lipinski definition) is 3. The maximum absolute atomic E-state index is 11.2. The van der Waals surface area contributed by atoms with Gasteiger partial charge in [-0.2, -0.15) is 0 Å². The van der Waals surface area contributed by atoms with Crippen molar-refractivity contribution >= 4 is 5.97 Å². The number of rotatable bonds is 2. The summed E-state index contributed by atoms with van der Waals surface area (Å²) in [6, 6.07) is 0.0918. The van der Waals surface area contributed by atoms with Crippen LogP contribution in [0.15, 0.2) is 11.6 Å². The van der Waals surface area contributed by atoms with Gasteiger partial charge in [-0.1, -0.05) is 19.9 Å². The Morgan fingerprint density at radius 1 is 1.64 bits per heavy atom. The van der Waals surface area contributed by atoms with E-state index in [0.717, 1.165) is 12.0 Å². The van der Waals surface area contributed by atoms with Gasteiger partial charge in [-0.05, 0) is 24.7 Å². The molecule has 1 aliphatic carbocycles. The van der Waals surface area contributed by atoms with Crippen molar-refractivity contribution in [2.24, 2.45) is 17.6 Å². The van der Waals surface area contributed by atoms with Crippen molar-refractivity contribution in [1.29, 1.82) is 0 Å². The van der Waals surface area contributed by atoms with Crippen LogP contribution in [0.4, 0.5) is 0 Å². The lowest BCUT2D eigenvalue weighted by molar-refractivity contribution is -0.136. The van der Waals surface area contributed by atoms with Gasteiger partial charge in [0.2, 0.25) is 0 Å². The van der Waals surface area contributed by atoms with E-state index in [-0.39, 0.29) is 12.0 Å². The molecule has 0 fully saturated rings. The molecule has 14 heavy (non-hydrogen) atoms. The highest BCUT2D eigenvalue weighted by molar-refractivity contribution is 5.88. The van der Waals surface area contributed by atoms with Crippen LogP contribution in [0.2, 0.25) is 0 Å². The quantitative estimate of drug-likeness (QED) is 0.682. The molecule has 0 amide bonds. The summed E-state index contributed by atoms with van der Waals surface area (Å²) in [6.07, 6.45) is 3.51. The molecule has 2 N–H and O–H groups in total. The monoisotopic (exact) mass is 197 g/mol. The first kappa shape index (κ1) is 11.2. The fourth-order valence-corrected chi connectivity index (χ4v) is 2.01. The maximum Gasteiger partial charge on any atom is 0.333 e. The minimum absolute atomic E-state index is 0.0918. The summed E-state index contributed by atoms with van der Waals surface area (Å²) in [6.45, 7) is 4.34. The third-order valence-corrected chi connectivity index (χ3v) is 2.95. The van der Waals surface area contributed by atoms with Crippen molar-refractivity contribution in [3.05, 3.63) is 11.6 Å². The van der Waals surface area contributed by atoms with E-state index >= 15 is 0 Å². The maximum atomic E-state index is 11.2. The summed E-state index contributed by atoms with van der Waals surface area (Å²) in [4.78, 5) is 11.2. The van der Waals surface area contributed by atoms with E-state index in [9.17, 15) is 4.79 Å². The first-order valence-corrected chi connectivity index (χ1v) is 5.09. The van der Waals surface area contributed by atoms with Crippen LogP contribution in [0.25, 0.3) is 0 Å². The standard InChI is InChI=1S/C11H19NO2/c1-7(2)9-5-4-8(6-10(9)12)11(13)14-3/h4,7,9-10H,5-6,12H2,1-3H3. The van der Waals surface area contributed by atoms with E-state index in [0.29, 0.717) is 18.3 Å². The highest BCUT2D eigenvalue weighted by atomic mass is 16.5. The first-order chi connectivity index (χ1) is 6.56. The molecule has 0 aromatic heterocycles. The van der Waals surface area contributed by atoms with Gasteiger partial charge in [-0.25, -0.2) is 4.79 Å². The van der Waals surface area contributed by atoms with E-state index < -0.39 is 0 Å². The Morgan fingerprint density at radius 3 is 2.71 bits per heavy atom. The fraction of sp³-hybridized carbons (Fsp3) is 0.727. The zero-order valence-electron chi connectivity index (χ0n) is 9.12. The predicted octanol–water partition coefficient (Wildman–Crippen LogP) is 1.48. The molecule has 2 unspecified atom stereocenters. The number of carbonyl (C=O) groups is 1. The molecule has 3 heteroatoms. The van der Waals surface area contributed by atoms with Crippen LogP contribution >= 0.6 is 0 Å². The molecular formula is C11H19NO2. The summed E-state index contributed by atoms with van der Waals surface area (Å²) in [5.74, 6) is 0.825. The van der Waals surface area contributed by atoms with Gasteiger partial charge in [-0.3, -0.25) is 0 Å². The SMILES string of the molecule is COC(=O)C1=CCC(C(C)C)C(N)C1. The summed E-state index contributed by atoms with van der Waals surface area (Å²) < 4.78 is 4.67. The smallest absolute Gasteiger partial charge is 0.333 e. The molecule has 1 rings (SSSR count). The Balaban J connectivity index is 2.67. The molecule has 0 bridgehead atoms. The molecule has 0 saturated heterocycles. The largest absolute Gasteiger partial charge is 0.466 e. The van der Waals surface area contributed by atoms with Crippen molar-refractivity contribution in [3.63, 3.8) is 0 Å². The Labute approximate surface area is 85.3 Å². The van der Waals surface area contributed by atoms with E-state index in [4.69, 9.17) is 5.73 Å². The molecule has 0 radical (unpaired) electrons. The summed E-state index contributed by atoms with van der Waals surface area (Å²) in [7, 11) is 1.41. The molecule has 1 aliphatic rings. The number of nitrogens with two attached hydrogens (primary N) is 1. The molecule has 0 saturated carbocycles. The van der Waals surface area contributed by atoms with Gasteiger partial charge in [0.1, 0.15) is 0 Å². The second-order valence-electron chi connectivity index (χ2n) is 4.23. The number of allylic oxidation sites excluding steroid dienone is 1. The Bertz CT molecular complexity index is 246. The number of hydrogen-bond donors (Lipinski definition) is 1. The molecule has 0 spiro atoms. The second kappa shape index (κ2) is 4.60. The average molecular weight is 197 g/mol. The Hall–Kier alpha value is -0.830. The van der Waals surface area contributed by atoms with E-state index in [2.05, 4.69) is 18.6 Å². The van der Waals surface area contributed by atoms with Gasteiger partial charge < -0.3 is 10.5 Å². The zero-order valence-corrected chi connectivity index (χ0v) is 9.12. The van der Waals surface area contributed by atoms with Gasteiger partial charge in [0, 0.05) is 11.6 Å². The van der Waals surface area contributed by atoms with E-state index in [1.54, 1.807) is 0 Å². The Kier molecular flexibility index (Phi) is 3.69. The fourth-order valence-electron chi connectivity index (χ4n) is 2.01. The molecule has 0 aromatic rings. The first-order valence-electron chi connectivity index (χ1n) is 5.09. The molecule has 80 valence electrons. The molecule has 0 heterocycles. The van der Waals surface area contributed by atoms with Crippen molar-refractivity contribution < 1.29 is 9.53 Å². The average Bonchev–Trinajstić information content (AvgIpc) is 2.15. The van der Waals surface area contributed by atoms with Crippen LogP contribution in [0.5, 0.6) is 0 Å². The lowest BCUT2D eigenvalue weighted by atomic mass is 9.79. The molecule has 3 nitrogen and oxygen atoms in total. The molecule has 2 atom stereocenters. The molecule has 0 aliphatic heterocycles. The highest BCUT2D eigenvalue weighted by Gasteiger charge is 2.27. The topological polar surface area (TPSA) is 52.3 Å². The van der Waals surface area contributed by atoms with Crippen LogP contribution in [-0.4, -0.2) is 19.1 Å². The normalized spacial score (nSPS) is 27.4. The van der Waals surface area contributed by atoms with Crippen LogP contribution in [-0.2, 0) is 9.53 Å². The molecule has 0 aromatic carbocycles. The number of esters is 1. The van der Waals surface area contributed by atoms with Crippen LogP contribution in [0.3, 0.4) is 0 Å². The molecular weight excluding hydrogens is 178 g/mol. The van der Waals surface area contributed by atoms with E-state index in [1.807, 2.05) is 6.08 Å². The van der Waals surface area contributed by atoms with Crippen molar-refractivity contribution in [3.8, 4) is 0 Å². The second-order valence-corrected chi connectivity index (χ2v) is 4.23. The van der Waals surface area contributed by atoms with Gasteiger partial charge in [0.25, 0.3) is 0 Å². The highest BCUT2D eigenvalue weighted by Crippen LogP contribution is 2.28. The summed E-state index contributed by atoms with van der Waals surface area (Å²) in [5, 5.41) is 0. The van der Waals surface area contributed by atoms with Crippen LogP contribution in [0, 0.1) is 11.8 Å². The van der Waals surface area contributed by atoms with Crippen molar-refractivity contribution in [2.45, 2.75) is 32.7 Å². The van der Waals surface area contributed by atoms with Crippen LogP contribution < -0.4 is 5.73 Å². The Morgan fingerprint density at radius 2 is 2.29 bits per heavy atom. The third-order valence-electron chi connectivity index (χ3n) is 2.95. The minimum Gasteiger partial charge on any atom is -0.466 e. The van der Waals surface area contributed by atoms with Gasteiger partial charge in [0.15, 0.2) is 0 Å². The lowest BCUT2D eigenvalue weighted by Gasteiger charge is -2.30. The van der Waals surface area contributed by atoms with Gasteiger partial charge >= 0.3 is 5.97 Å². The number of carbonyl (C=O) groups excluding carboxylic acids is 1. The van der Waals surface area contributed by atoms with E-state index in [1.165, 1.54) is 7.11 Å². The minimum atomic E-state index is -0.234. The predicted molar refractivity (Wildman–Crippen MR) is 55.6 cm³/mol. The van der Waals surface area contributed by atoms with Crippen molar-refractivity contribution in [1.82, 2.24) is 0 Å². The van der Waals surface area contributed by atoms with Crippen molar-refractivity contribution in [2.75, 3.05) is 7.11 Å². The number of methoxy groups -OCH3 is 1. The van der Waals surface area contributed by atoms with Crippen LogP contribution in [0.1, 0.15) is 26.7 Å². The third kappa shape index (κ3) is 2.35. The lowest BCUT2D eigenvalue weighted by Crippen LogP contribution is -2.37. The summed E-state index contributed by atoms with van der Waals surface area (Å²) in [5.41, 5.74) is 6.75. The van der Waals surface area contributed by atoms with Gasteiger partial charge in [0.05, 0.1) is 7.11 Å². The summed E-state index contributed by atoms with van der Waals surface area (Å²) >= 11 is 0. The number of ether oxygens (including phenoxy) is 1. The zero-order chi connectivity index (χ0) is 10.7.